The van der Waals surface area contributed by atoms with Crippen LogP contribution in [0, 0.1) is 34.3 Å². The molecule has 4 nitrogen and oxygen atoms in total. The summed E-state index contributed by atoms with van der Waals surface area (Å²) in [6.45, 7) is 3.04. The SMILES string of the molecule is Cc1ccc(C23CC4CC(CC(CN=Cc5ccc([N+](=O)[O-])cc5)(C4)C2)C3)cc1. The Bertz CT molecular complexity index is 932. The van der Waals surface area contributed by atoms with E-state index in [1.165, 1.54) is 44.1 Å². The maximum Gasteiger partial charge on any atom is 0.269 e. The van der Waals surface area contributed by atoms with Crippen molar-refractivity contribution >= 4 is 11.9 Å². The van der Waals surface area contributed by atoms with Gasteiger partial charge < -0.3 is 0 Å². The van der Waals surface area contributed by atoms with E-state index in [4.69, 9.17) is 4.99 Å². The van der Waals surface area contributed by atoms with E-state index in [9.17, 15) is 10.1 Å². The summed E-state index contributed by atoms with van der Waals surface area (Å²) in [6, 6.07) is 16.0. The molecule has 4 bridgehead atoms. The van der Waals surface area contributed by atoms with Crippen molar-refractivity contribution in [1.82, 2.24) is 0 Å². The average molecular weight is 389 g/mol. The van der Waals surface area contributed by atoms with E-state index in [0.29, 0.717) is 10.8 Å². The van der Waals surface area contributed by atoms with Crippen molar-refractivity contribution in [2.24, 2.45) is 22.2 Å². The lowest BCUT2D eigenvalue weighted by molar-refractivity contribution is -0.384. The van der Waals surface area contributed by atoms with Crippen LogP contribution in [0.5, 0.6) is 0 Å². The smallest absolute Gasteiger partial charge is 0.269 e. The Labute approximate surface area is 172 Å². The quantitative estimate of drug-likeness (QED) is 0.366. The minimum Gasteiger partial charge on any atom is -0.292 e. The van der Waals surface area contributed by atoms with E-state index in [-0.39, 0.29) is 10.6 Å². The second-order valence-corrected chi connectivity index (χ2v) is 9.93. The Morgan fingerprint density at radius 3 is 2.31 bits per heavy atom. The van der Waals surface area contributed by atoms with Crippen LogP contribution in [0.15, 0.2) is 53.5 Å². The van der Waals surface area contributed by atoms with E-state index in [1.54, 1.807) is 29.8 Å². The van der Waals surface area contributed by atoms with E-state index in [2.05, 4.69) is 31.2 Å². The van der Waals surface area contributed by atoms with Gasteiger partial charge in [0.2, 0.25) is 0 Å². The normalized spacial score (nSPS) is 32.7. The molecule has 4 fully saturated rings. The Balaban J connectivity index is 1.36. The van der Waals surface area contributed by atoms with Crippen molar-refractivity contribution in [2.45, 2.75) is 50.9 Å². The largest absolute Gasteiger partial charge is 0.292 e. The van der Waals surface area contributed by atoms with Crippen molar-refractivity contribution in [3.8, 4) is 0 Å². The van der Waals surface area contributed by atoms with E-state index in [1.807, 2.05) is 6.21 Å². The second-order valence-electron chi connectivity index (χ2n) is 9.93. The van der Waals surface area contributed by atoms with Crippen molar-refractivity contribution in [3.05, 3.63) is 75.3 Å². The molecule has 4 aliphatic carbocycles. The summed E-state index contributed by atoms with van der Waals surface area (Å²) in [4.78, 5) is 15.3. The summed E-state index contributed by atoms with van der Waals surface area (Å²) in [5.74, 6) is 1.68. The molecule has 0 spiro atoms. The number of aliphatic imine (C=N–C) groups is 1. The first kappa shape index (κ1) is 18.5. The number of nitro benzene ring substituents is 1. The Morgan fingerprint density at radius 2 is 1.69 bits per heavy atom. The third-order valence-electron chi connectivity index (χ3n) is 7.62. The van der Waals surface area contributed by atoms with Crippen molar-refractivity contribution in [1.29, 1.82) is 0 Å². The topological polar surface area (TPSA) is 55.5 Å². The zero-order valence-electron chi connectivity index (χ0n) is 17.0. The van der Waals surface area contributed by atoms with Gasteiger partial charge in [0.25, 0.3) is 5.69 Å². The van der Waals surface area contributed by atoms with E-state index < -0.39 is 0 Å². The van der Waals surface area contributed by atoms with Crippen LogP contribution in [0.3, 0.4) is 0 Å². The maximum atomic E-state index is 10.8. The van der Waals surface area contributed by atoms with Crippen LogP contribution in [-0.2, 0) is 5.41 Å². The molecule has 0 aliphatic heterocycles. The number of nitro groups is 1. The number of hydrogen-bond donors (Lipinski definition) is 0. The third-order valence-corrected chi connectivity index (χ3v) is 7.62. The molecule has 2 unspecified atom stereocenters. The molecule has 0 saturated heterocycles. The van der Waals surface area contributed by atoms with Crippen LogP contribution < -0.4 is 0 Å². The fourth-order valence-electron chi connectivity index (χ4n) is 6.91. The third kappa shape index (κ3) is 3.39. The Hall–Kier alpha value is -2.49. The van der Waals surface area contributed by atoms with Crippen LogP contribution in [0.25, 0.3) is 0 Å². The van der Waals surface area contributed by atoms with Gasteiger partial charge in [-0.3, -0.25) is 15.1 Å². The molecule has 150 valence electrons. The number of nitrogens with zero attached hydrogens (tertiary/aromatic N) is 2. The van der Waals surface area contributed by atoms with Gasteiger partial charge in [-0.1, -0.05) is 29.8 Å². The van der Waals surface area contributed by atoms with Crippen LogP contribution in [0.4, 0.5) is 5.69 Å². The number of aryl methyl sites for hydroxylation is 1. The minimum absolute atomic E-state index is 0.128. The molecular formula is C25H28N2O2. The standard InChI is InChI=1S/C25H28N2O2/c1-18-2-6-22(7-3-18)25-13-20-10-21(14-25)12-24(11-20,16-25)17-26-15-19-4-8-23(9-5-19)27(28)29/h2-9,15,20-21H,10-14,16-17H2,1H3. The lowest BCUT2D eigenvalue weighted by atomic mass is 9.43. The van der Waals surface area contributed by atoms with Gasteiger partial charge in [-0.2, -0.15) is 0 Å². The highest BCUT2D eigenvalue weighted by Crippen LogP contribution is 2.65. The minimum atomic E-state index is -0.360. The van der Waals surface area contributed by atoms with Gasteiger partial charge in [0.1, 0.15) is 0 Å². The Kier molecular flexibility index (Phi) is 4.34. The summed E-state index contributed by atoms with van der Waals surface area (Å²) in [6.07, 6.45) is 9.89. The molecule has 29 heavy (non-hydrogen) atoms. The fraction of sp³-hybridized carbons (Fsp3) is 0.480. The van der Waals surface area contributed by atoms with Gasteiger partial charge in [-0.25, -0.2) is 0 Å². The highest BCUT2D eigenvalue weighted by Gasteiger charge is 2.57. The Morgan fingerprint density at radius 1 is 1.03 bits per heavy atom. The van der Waals surface area contributed by atoms with Crippen LogP contribution in [0.1, 0.15) is 55.2 Å². The van der Waals surface area contributed by atoms with Crippen LogP contribution in [-0.4, -0.2) is 17.7 Å². The van der Waals surface area contributed by atoms with Gasteiger partial charge in [-0.05, 0) is 91.4 Å². The molecule has 2 aromatic rings. The number of non-ortho nitro benzene ring substituents is 1. The predicted molar refractivity (Wildman–Crippen MR) is 116 cm³/mol. The molecule has 0 amide bonds. The van der Waals surface area contributed by atoms with Gasteiger partial charge >= 0.3 is 0 Å². The molecule has 0 N–H and O–H groups in total. The highest BCUT2D eigenvalue weighted by molar-refractivity contribution is 5.79. The summed E-state index contributed by atoms with van der Waals surface area (Å²) in [5, 5.41) is 10.8. The van der Waals surface area contributed by atoms with Crippen LogP contribution >= 0.6 is 0 Å². The number of rotatable bonds is 5. The molecule has 0 heterocycles. The first-order chi connectivity index (χ1) is 14.0. The molecule has 4 aliphatic rings. The van der Waals surface area contributed by atoms with Gasteiger partial charge in [0.15, 0.2) is 0 Å². The molecule has 2 atom stereocenters. The van der Waals surface area contributed by atoms with Gasteiger partial charge in [0.05, 0.1) is 4.92 Å². The summed E-state index contributed by atoms with van der Waals surface area (Å²) in [7, 11) is 0. The fourth-order valence-corrected chi connectivity index (χ4v) is 6.91. The van der Waals surface area contributed by atoms with Crippen molar-refractivity contribution in [2.75, 3.05) is 6.54 Å². The van der Waals surface area contributed by atoms with Gasteiger partial charge in [-0.15, -0.1) is 0 Å². The maximum absolute atomic E-state index is 10.8. The molecule has 4 saturated carbocycles. The summed E-state index contributed by atoms with van der Waals surface area (Å²) < 4.78 is 0. The monoisotopic (exact) mass is 388 g/mol. The van der Waals surface area contributed by atoms with E-state index >= 15 is 0 Å². The lowest BCUT2D eigenvalue weighted by Gasteiger charge is -2.62. The summed E-state index contributed by atoms with van der Waals surface area (Å²) >= 11 is 0. The van der Waals surface area contributed by atoms with Crippen molar-refractivity contribution < 1.29 is 4.92 Å². The molecule has 0 radical (unpaired) electrons. The molecule has 0 aromatic heterocycles. The zero-order chi connectivity index (χ0) is 20.1. The van der Waals surface area contributed by atoms with Gasteiger partial charge in [0, 0.05) is 24.9 Å². The number of hydrogen-bond acceptors (Lipinski definition) is 3. The molecule has 6 rings (SSSR count). The zero-order valence-corrected chi connectivity index (χ0v) is 17.0. The number of benzene rings is 2. The molecule has 2 aromatic carbocycles. The summed E-state index contributed by atoms with van der Waals surface area (Å²) in [5.41, 5.74) is 4.62. The predicted octanol–water partition coefficient (Wildman–Crippen LogP) is 5.86. The second kappa shape index (κ2) is 6.79. The van der Waals surface area contributed by atoms with E-state index in [0.717, 1.165) is 23.9 Å². The lowest BCUT2D eigenvalue weighted by Crippen LogP contribution is -2.55. The highest BCUT2D eigenvalue weighted by atomic mass is 16.6. The van der Waals surface area contributed by atoms with Crippen LogP contribution in [0.2, 0.25) is 0 Å². The average Bonchev–Trinajstić information content (AvgIpc) is 2.67. The van der Waals surface area contributed by atoms with Crippen molar-refractivity contribution in [3.63, 3.8) is 0 Å². The first-order valence-electron chi connectivity index (χ1n) is 10.8. The molecule has 4 heteroatoms. The first-order valence-corrected chi connectivity index (χ1v) is 10.8. The molecular weight excluding hydrogens is 360 g/mol.